The van der Waals surface area contributed by atoms with Gasteiger partial charge in [0.15, 0.2) is 0 Å². The largest absolute Gasteiger partial charge is 0.322 e. The van der Waals surface area contributed by atoms with Crippen molar-refractivity contribution in [2.45, 2.75) is 25.4 Å². The van der Waals surface area contributed by atoms with Crippen LogP contribution in [-0.2, 0) is 16.1 Å². The summed E-state index contributed by atoms with van der Waals surface area (Å²) in [6.45, 7) is 0.302. The number of amides is 3. The molecule has 1 saturated heterocycles. The van der Waals surface area contributed by atoms with Crippen LogP contribution < -0.4 is 5.32 Å². The Bertz CT molecular complexity index is 675. The highest BCUT2D eigenvalue weighted by Crippen LogP contribution is 2.27. The van der Waals surface area contributed by atoms with Crippen molar-refractivity contribution < 1.29 is 14.4 Å². The predicted octanol–water partition coefficient (Wildman–Crippen LogP) is 0.319. The van der Waals surface area contributed by atoms with Gasteiger partial charge in [0.05, 0.1) is 11.6 Å². The van der Waals surface area contributed by atoms with Crippen LogP contribution in [0.25, 0.3) is 0 Å². The number of hydrogen-bond donors (Lipinski definition) is 1. The minimum Gasteiger partial charge on any atom is -0.322 e. The van der Waals surface area contributed by atoms with Gasteiger partial charge in [-0.15, -0.1) is 0 Å². The quantitative estimate of drug-likeness (QED) is 0.743. The molecule has 1 aromatic carbocycles. The molecule has 1 N–H and O–H groups in total. The van der Waals surface area contributed by atoms with E-state index in [1.165, 1.54) is 4.90 Å². The molecule has 20 heavy (non-hydrogen) atoms. The lowest BCUT2D eigenvalue weighted by atomic mass is 10.0. The van der Waals surface area contributed by atoms with Crippen LogP contribution in [0.1, 0.15) is 34.3 Å². The summed E-state index contributed by atoms with van der Waals surface area (Å²) in [6.07, 6.45) is 0.579. The smallest absolute Gasteiger partial charge is 0.255 e. The molecular weight excluding hydrogens is 258 g/mol. The van der Waals surface area contributed by atoms with Gasteiger partial charge in [0.2, 0.25) is 11.8 Å². The van der Waals surface area contributed by atoms with Crippen molar-refractivity contribution >= 4 is 17.7 Å². The van der Waals surface area contributed by atoms with E-state index >= 15 is 0 Å². The number of hydrogen-bond acceptors (Lipinski definition) is 4. The predicted molar refractivity (Wildman–Crippen MR) is 67.2 cm³/mol. The van der Waals surface area contributed by atoms with Crippen molar-refractivity contribution in [3.8, 4) is 6.07 Å². The highest BCUT2D eigenvalue weighted by atomic mass is 16.2. The molecule has 1 aromatic rings. The number of nitriles is 1. The van der Waals surface area contributed by atoms with Crippen molar-refractivity contribution in [1.82, 2.24) is 10.2 Å². The molecule has 6 nitrogen and oxygen atoms in total. The van der Waals surface area contributed by atoms with Gasteiger partial charge in [0.25, 0.3) is 5.91 Å². The Labute approximate surface area is 115 Å². The Morgan fingerprint density at radius 1 is 1.30 bits per heavy atom. The normalized spacial score (nSPS) is 21.4. The molecule has 2 aliphatic heterocycles. The number of benzene rings is 1. The van der Waals surface area contributed by atoms with Crippen LogP contribution in [0, 0.1) is 11.3 Å². The number of piperidine rings is 1. The summed E-state index contributed by atoms with van der Waals surface area (Å²) in [5, 5.41) is 11.1. The van der Waals surface area contributed by atoms with Crippen molar-refractivity contribution in [3.63, 3.8) is 0 Å². The molecule has 0 aliphatic carbocycles. The zero-order chi connectivity index (χ0) is 14.3. The van der Waals surface area contributed by atoms with Gasteiger partial charge < -0.3 is 4.90 Å². The number of nitrogens with zero attached hydrogens (tertiary/aromatic N) is 2. The summed E-state index contributed by atoms with van der Waals surface area (Å²) in [7, 11) is 0. The van der Waals surface area contributed by atoms with E-state index in [1.54, 1.807) is 18.2 Å². The van der Waals surface area contributed by atoms with Crippen LogP contribution in [0.5, 0.6) is 0 Å². The average Bonchev–Trinajstić information content (AvgIpc) is 2.75. The van der Waals surface area contributed by atoms with Crippen LogP contribution in [0.15, 0.2) is 18.2 Å². The third-order valence-corrected chi connectivity index (χ3v) is 3.65. The lowest BCUT2D eigenvalue weighted by Crippen LogP contribution is -2.52. The highest BCUT2D eigenvalue weighted by Gasteiger charge is 2.38. The van der Waals surface area contributed by atoms with Crippen LogP contribution in [0.4, 0.5) is 0 Å². The standard InChI is InChI=1S/C14H11N3O3/c15-6-8-1-2-10-9(5-8)7-17(14(10)20)11-3-4-12(18)16-13(11)19/h1-2,5,11H,3-4,7H2,(H,16,18,19). The van der Waals surface area contributed by atoms with Crippen LogP contribution in [-0.4, -0.2) is 28.7 Å². The lowest BCUT2D eigenvalue weighted by Gasteiger charge is -2.29. The second-order valence-electron chi connectivity index (χ2n) is 4.88. The summed E-state index contributed by atoms with van der Waals surface area (Å²) in [5.41, 5.74) is 1.76. The lowest BCUT2D eigenvalue weighted by molar-refractivity contribution is -0.136. The number of rotatable bonds is 1. The first kappa shape index (κ1) is 12.4. The summed E-state index contributed by atoms with van der Waals surface area (Å²) in [6, 6.07) is 6.28. The van der Waals surface area contributed by atoms with Gasteiger partial charge in [-0.05, 0) is 30.2 Å². The molecule has 6 heteroatoms. The van der Waals surface area contributed by atoms with E-state index < -0.39 is 11.9 Å². The SMILES string of the molecule is N#Cc1ccc2c(c1)CN(C1CCC(=O)NC1=O)C2=O. The van der Waals surface area contributed by atoms with Gasteiger partial charge in [-0.3, -0.25) is 19.7 Å². The fraction of sp³-hybridized carbons (Fsp3) is 0.286. The molecule has 2 heterocycles. The summed E-state index contributed by atoms with van der Waals surface area (Å²) >= 11 is 0. The molecule has 0 bridgehead atoms. The molecule has 0 spiro atoms. The Hall–Kier alpha value is -2.68. The van der Waals surface area contributed by atoms with Crippen LogP contribution >= 0.6 is 0 Å². The fourth-order valence-corrected chi connectivity index (χ4v) is 2.64. The zero-order valence-corrected chi connectivity index (χ0v) is 10.5. The van der Waals surface area contributed by atoms with Crippen LogP contribution in [0.3, 0.4) is 0 Å². The first-order valence-electron chi connectivity index (χ1n) is 6.28. The molecule has 3 rings (SSSR count). The maximum atomic E-state index is 12.3. The van der Waals surface area contributed by atoms with E-state index in [9.17, 15) is 14.4 Å². The Kier molecular flexibility index (Phi) is 2.75. The second kappa shape index (κ2) is 4.46. The van der Waals surface area contributed by atoms with Crippen molar-refractivity contribution in [2.24, 2.45) is 0 Å². The third-order valence-electron chi connectivity index (χ3n) is 3.65. The summed E-state index contributed by atoms with van der Waals surface area (Å²) in [5.74, 6) is -0.955. The van der Waals surface area contributed by atoms with Crippen molar-refractivity contribution in [2.75, 3.05) is 0 Å². The molecule has 3 amide bonds. The van der Waals surface area contributed by atoms with Gasteiger partial charge in [-0.2, -0.15) is 5.26 Å². The van der Waals surface area contributed by atoms with Gasteiger partial charge in [-0.1, -0.05) is 0 Å². The number of fused-ring (bicyclic) bond motifs is 1. The van der Waals surface area contributed by atoms with E-state index in [1.807, 2.05) is 6.07 Å². The number of carbonyl (C=O) groups is 3. The maximum Gasteiger partial charge on any atom is 0.255 e. The van der Waals surface area contributed by atoms with Crippen molar-refractivity contribution in [3.05, 3.63) is 34.9 Å². The average molecular weight is 269 g/mol. The van der Waals surface area contributed by atoms with E-state index in [0.717, 1.165) is 5.56 Å². The molecule has 0 saturated carbocycles. The van der Waals surface area contributed by atoms with Crippen LogP contribution in [0.2, 0.25) is 0 Å². The van der Waals surface area contributed by atoms with Gasteiger partial charge >= 0.3 is 0 Å². The topological polar surface area (TPSA) is 90.3 Å². The van der Waals surface area contributed by atoms with Crippen molar-refractivity contribution in [1.29, 1.82) is 5.26 Å². The van der Waals surface area contributed by atoms with E-state index in [-0.39, 0.29) is 18.2 Å². The van der Waals surface area contributed by atoms with Gasteiger partial charge in [0, 0.05) is 18.5 Å². The third kappa shape index (κ3) is 1.84. The first-order valence-corrected chi connectivity index (χ1v) is 6.28. The zero-order valence-electron chi connectivity index (χ0n) is 10.5. The highest BCUT2D eigenvalue weighted by molar-refractivity contribution is 6.05. The Morgan fingerprint density at radius 3 is 2.80 bits per heavy atom. The minimum absolute atomic E-state index is 0.223. The molecule has 2 aliphatic rings. The first-order chi connectivity index (χ1) is 9.60. The summed E-state index contributed by atoms with van der Waals surface area (Å²) in [4.78, 5) is 36.7. The molecule has 0 aromatic heterocycles. The van der Waals surface area contributed by atoms with E-state index in [0.29, 0.717) is 24.1 Å². The fourth-order valence-electron chi connectivity index (χ4n) is 2.64. The number of nitrogens with one attached hydrogen (secondary N) is 1. The monoisotopic (exact) mass is 269 g/mol. The second-order valence-corrected chi connectivity index (χ2v) is 4.88. The molecule has 1 fully saturated rings. The maximum absolute atomic E-state index is 12.3. The molecular formula is C14H11N3O3. The van der Waals surface area contributed by atoms with E-state index in [2.05, 4.69) is 5.32 Å². The molecule has 1 unspecified atom stereocenters. The number of imide groups is 1. The summed E-state index contributed by atoms with van der Waals surface area (Å²) < 4.78 is 0. The van der Waals surface area contributed by atoms with E-state index in [4.69, 9.17) is 5.26 Å². The number of carbonyl (C=O) groups excluding carboxylic acids is 3. The Balaban J connectivity index is 1.88. The Morgan fingerprint density at radius 2 is 2.10 bits per heavy atom. The minimum atomic E-state index is -0.613. The molecule has 100 valence electrons. The van der Waals surface area contributed by atoms with Gasteiger partial charge in [0.1, 0.15) is 6.04 Å². The molecule has 1 atom stereocenters. The molecule has 0 radical (unpaired) electrons. The van der Waals surface area contributed by atoms with Gasteiger partial charge in [-0.25, -0.2) is 0 Å².